The van der Waals surface area contributed by atoms with E-state index in [2.05, 4.69) is 10.3 Å². The first-order valence-corrected chi connectivity index (χ1v) is 8.29. The summed E-state index contributed by atoms with van der Waals surface area (Å²) in [6.07, 6.45) is -1.38. The summed E-state index contributed by atoms with van der Waals surface area (Å²) in [6.45, 7) is -0.245. The minimum absolute atomic E-state index is 0.245. The van der Waals surface area contributed by atoms with Gasteiger partial charge in [-0.2, -0.15) is 0 Å². The number of aliphatic hydroxyl groups excluding tert-OH is 2. The molecule has 122 valence electrons. The van der Waals surface area contributed by atoms with Gasteiger partial charge in [-0.15, -0.1) is 11.3 Å². The van der Waals surface area contributed by atoms with Crippen molar-refractivity contribution in [1.29, 1.82) is 0 Å². The van der Waals surface area contributed by atoms with E-state index < -0.39 is 18.3 Å². The molecule has 2 aromatic rings. The monoisotopic (exact) mass is 354 g/mol. The van der Waals surface area contributed by atoms with Gasteiger partial charge < -0.3 is 20.3 Å². The highest BCUT2D eigenvalue weighted by atomic mass is 35.5. The highest BCUT2D eigenvalue weighted by Crippen LogP contribution is 2.34. The molecule has 8 heteroatoms. The molecular weight excluding hydrogens is 340 g/mol. The van der Waals surface area contributed by atoms with Crippen LogP contribution < -0.4 is 5.32 Å². The van der Waals surface area contributed by atoms with Crippen molar-refractivity contribution in [2.75, 3.05) is 11.9 Å². The number of carbonyl (C=O) groups is 1. The first-order chi connectivity index (χ1) is 11.1. The van der Waals surface area contributed by atoms with E-state index in [1.165, 1.54) is 11.3 Å². The Morgan fingerprint density at radius 2 is 2.35 bits per heavy atom. The van der Waals surface area contributed by atoms with E-state index in [0.717, 1.165) is 0 Å². The Kier molecular flexibility index (Phi) is 4.93. The third kappa shape index (κ3) is 3.70. The molecule has 0 radical (unpaired) electrons. The molecule has 1 fully saturated rings. The second-order valence-electron chi connectivity index (χ2n) is 5.18. The van der Waals surface area contributed by atoms with Gasteiger partial charge in [0.2, 0.25) is 0 Å². The van der Waals surface area contributed by atoms with Crippen molar-refractivity contribution in [3.05, 3.63) is 45.4 Å². The number of anilines is 1. The molecule has 6 nitrogen and oxygen atoms in total. The molecule has 1 aliphatic heterocycles. The first-order valence-electron chi connectivity index (χ1n) is 7.03. The summed E-state index contributed by atoms with van der Waals surface area (Å²) < 4.78 is 5.53. The number of halogens is 1. The van der Waals surface area contributed by atoms with Gasteiger partial charge in [0.25, 0.3) is 5.91 Å². The van der Waals surface area contributed by atoms with Crippen LogP contribution in [0.5, 0.6) is 0 Å². The van der Waals surface area contributed by atoms with Crippen LogP contribution in [0, 0.1) is 0 Å². The number of amides is 1. The average Bonchev–Trinajstić information content (AvgIpc) is 3.13. The highest BCUT2D eigenvalue weighted by Gasteiger charge is 2.36. The Morgan fingerprint density at radius 1 is 1.52 bits per heavy atom. The predicted octanol–water partition coefficient (Wildman–Crippen LogP) is 2.23. The van der Waals surface area contributed by atoms with Crippen molar-refractivity contribution in [1.82, 2.24) is 4.98 Å². The lowest BCUT2D eigenvalue weighted by Gasteiger charge is -2.09. The molecule has 1 saturated heterocycles. The lowest BCUT2D eigenvalue weighted by molar-refractivity contribution is -0.0226. The molecule has 0 bridgehead atoms. The lowest BCUT2D eigenvalue weighted by atomic mass is 10.1. The summed E-state index contributed by atoms with van der Waals surface area (Å²) in [4.78, 5) is 16.5. The molecule has 0 spiro atoms. The predicted molar refractivity (Wildman–Crippen MR) is 86.8 cm³/mol. The standard InChI is InChI=1S/C15H15ClN2O4S/c16-8-2-1-3-9(4-8)17-14(21)10-7-23-15(18-10)12-5-11(20)13(6-19)22-12/h1-4,7,11-13,19-20H,5-6H2,(H,17,21)/t11-,12-,13+/m0/s1. The van der Waals surface area contributed by atoms with E-state index in [0.29, 0.717) is 22.1 Å². The van der Waals surface area contributed by atoms with Gasteiger partial charge in [0, 0.05) is 22.5 Å². The van der Waals surface area contributed by atoms with E-state index >= 15 is 0 Å². The zero-order valence-electron chi connectivity index (χ0n) is 12.0. The molecule has 23 heavy (non-hydrogen) atoms. The van der Waals surface area contributed by atoms with Crippen molar-refractivity contribution < 1.29 is 19.7 Å². The Bertz CT molecular complexity index is 708. The van der Waals surface area contributed by atoms with Gasteiger partial charge in [-0.25, -0.2) is 4.98 Å². The van der Waals surface area contributed by atoms with E-state index in [1.807, 2.05) is 0 Å². The van der Waals surface area contributed by atoms with Crippen LogP contribution in [-0.2, 0) is 4.74 Å². The number of nitrogens with zero attached hydrogens (tertiary/aromatic N) is 1. The number of thiazole rings is 1. The van der Waals surface area contributed by atoms with E-state index in [1.54, 1.807) is 29.6 Å². The van der Waals surface area contributed by atoms with E-state index in [9.17, 15) is 9.90 Å². The molecule has 3 rings (SSSR count). The van der Waals surface area contributed by atoms with Crippen molar-refractivity contribution in [2.24, 2.45) is 0 Å². The Morgan fingerprint density at radius 3 is 3.04 bits per heavy atom. The summed E-state index contributed by atoms with van der Waals surface area (Å²) in [7, 11) is 0. The first kappa shape index (κ1) is 16.4. The number of benzene rings is 1. The van der Waals surface area contributed by atoms with Gasteiger partial charge in [0.05, 0.1) is 12.7 Å². The zero-order valence-corrected chi connectivity index (χ0v) is 13.5. The molecule has 2 heterocycles. The normalized spacial score (nSPS) is 23.9. The number of hydrogen-bond acceptors (Lipinski definition) is 6. The van der Waals surface area contributed by atoms with Gasteiger partial charge in [0.1, 0.15) is 22.9 Å². The summed E-state index contributed by atoms with van der Waals surface area (Å²) in [5.74, 6) is -0.341. The average molecular weight is 355 g/mol. The van der Waals surface area contributed by atoms with Gasteiger partial charge in [-0.1, -0.05) is 17.7 Å². The second kappa shape index (κ2) is 6.94. The van der Waals surface area contributed by atoms with Crippen LogP contribution in [0.2, 0.25) is 5.02 Å². The van der Waals surface area contributed by atoms with E-state index in [-0.39, 0.29) is 18.2 Å². The quantitative estimate of drug-likeness (QED) is 0.783. The number of hydrogen-bond donors (Lipinski definition) is 3. The molecule has 0 saturated carbocycles. The van der Waals surface area contributed by atoms with Crippen molar-refractivity contribution >= 4 is 34.5 Å². The maximum atomic E-state index is 12.2. The molecule has 3 atom stereocenters. The maximum absolute atomic E-state index is 12.2. The summed E-state index contributed by atoms with van der Waals surface area (Å²) in [5.41, 5.74) is 0.862. The minimum atomic E-state index is -0.724. The number of aliphatic hydroxyl groups is 2. The largest absolute Gasteiger partial charge is 0.394 e. The van der Waals surface area contributed by atoms with Crippen molar-refractivity contribution in [3.63, 3.8) is 0 Å². The lowest BCUT2D eigenvalue weighted by Crippen LogP contribution is -2.24. The molecule has 1 aromatic carbocycles. The third-order valence-electron chi connectivity index (χ3n) is 3.52. The highest BCUT2D eigenvalue weighted by molar-refractivity contribution is 7.09. The van der Waals surface area contributed by atoms with Gasteiger partial charge in [-0.3, -0.25) is 4.79 Å². The van der Waals surface area contributed by atoms with E-state index in [4.69, 9.17) is 21.4 Å². The van der Waals surface area contributed by atoms with Gasteiger partial charge in [-0.05, 0) is 18.2 Å². The minimum Gasteiger partial charge on any atom is -0.394 e. The fraction of sp³-hybridized carbons (Fsp3) is 0.333. The molecule has 1 amide bonds. The fourth-order valence-electron chi connectivity index (χ4n) is 2.35. The summed E-state index contributed by atoms with van der Waals surface area (Å²) in [5, 5.41) is 24.4. The van der Waals surface area contributed by atoms with Crippen LogP contribution in [-0.4, -0.2) is 39.9 Å². The van der Waals surface area contributed by atoms with Crippen LogP contribution >= 0.6 is 22.9 Å². The molecule has 1 aliphatic rings. The van der Waals surface area contributed by atoms with Crippen LogP contribution in [0.3, 0.4) is 0 Å². The fourth-order valence-corrected chi connectivity index (χ4v) is 3.39. The second-order valence-corrected chi connectivity index (χ2v) is 6.51. The Labute approximate surface area is 141 Å². The molecule has 0 aliphatic carbocycles. The van der Waals surface area contributed by atoms with Crippen LogP contribution in [0.25, 0.3) is 0 Å². The Balaban J connectivity index is 1.68. The molecule has 0 unspecified atom stereocenters. The summed E-state index contributed by atoms with van der Waals surface area (Å²) in [6, 6.07) is 6.85. The third-order valence-corrected chi connectivity index (χ3v) is 4.69. The smallest absolute Gasteiger partial charge is 0.275 e. The Hall–Kier alpha value is -1.51. The zero-order chi connectivity index (χ0) is 16.4. The molecule has 3 N–H and O–H groups in total. The number of aromatic nitrogens is 1. The maximum Gasteiger partial charge on any atom is 0.275 e. The van der Waals surface area contributed by atoms with Crippen molar-refractivity contribution in [3.8, 4) is 0 Å². The van der Waals surface area contributed by atoms with Crippen LogP contribution in [0.15, 0.2) is 29.6 Å². The topological polar surface area (TPSA) is 91.7 Å². The number of carbonyl (C=O) groups excluding carboxylic acids is 1. The van der Waals surface area contributed by atoms with Crippen LogP contribution in [0.1, 0.15) is 28.0 Å². The number of nitrogens with one attached hydrogen (secondary N) is 1. The SMILES string of the molecule is O=C(Nc1cccc(Cl)c1)c1csc([C@@H]2C[C@H](O)[C@@H](CO)O2)n1. The van der Waals surface area contributed by atoms with Crippen LogP contribution in [0.4, 0.5) is 5.69 Å². The molecule has 1 aromatic heterocycles. The summed E-state index contributed by atoms with van der Waals surface area (Å²) >= 11 is 7.17. The number of rotatable bonds is 4. The van der Waals surface area contributed by atoms with Crippen molar-refractivity contribution in [2.45, 2.75) is 24.7 Å². The van der Waals surface area contributed by atoms with Gasteiger partial charge in [0.15, 0.2) is 0 Å². The molecular formula is C15H15ClN2O4S. The van der Waals surface area contributed by atoms with Gasteiger partial charge >= 0.3 is 0 Å². The number of ether oxygens (including phenoxy) is 1.